The highest BCUT2D eigenvalue weighted by atomic mass is 16.2. The van der Waals surface area contributed by atoms with E-state index >= 15 is 0 Å². The highest BCUT2D eigenvalue weighted by molar-refractivity contribution is 6.10. The normalized spacial score (nSPS) is 12.8. The Morgan fingerprint density at radius 2 is 0.754 bits per heavy atom. The van der Waals surface area contributed by atoms with Crippen LogP contribution in [0.15, 0.2) is 0 Å². The zero-order valence-corrected chi connectivity index (χ0v) is 38.6. The van der Waals surface area contributed by atoms with Crippen LogP contribution < -0.4 is 27.8 Å². The highest BCUT2D eigenvalue weighted by Gasteiger charge is 2.43. The van der Waals surface area contributed by atoms with Gasteiger partial charge in [-0.15, -0.1) is 0 Å². The Hall–Kier alpha value is -1.06. The Morgan fingerprint density at radius 1 is 0.439 bits per heavy atom. The van der Waals surface area contributed by atoms with E-state index in [4.69, 9.17) is 17.2 Å². The van der Waals surface area contributed by atoms with Gasteiger partial charge >= 0.3 is 0 Å². The Balaban J connectivity index is 4.78. The van der Waals surface area contributed by atoms with E-state index in [2.05, 4.69) is 29.4 Å². The summed E-state index contributed by atoms with van der Waals surface area (Å²) >= 11 is 0. The number of unbranched alkanes of at least 4 members (excludes halogenated alkanes) is 30. The van der Waals surface area contributed by atoms with Crippen molar-refractivity contribution in [3.63, 3.8) is 0 Å². The number of hydrogen-bond acceptors (Lipinski definition) is 7. The molecule has 0 bridgehead atoms. The predicted molar refractivity (Wildman–Crippen MR) is 250 cm³/mol. The van der Waals surface area contributed by atoms with Crippen LogP contribution in [-0.4, -0.2) is 74.5 Å². The standard InChI is InChI=1S/C49H102N6O2/c1-3-5-7-9-11-13-15-17-19-21-23-25-27-29-31-33-44-55(45-34-32-30-28-26-24-22-20-18-16-14-12-10-8-6-4-2)46-47(56)49(48(52)57,54-43-37-40-51)38-35-41-53-42-36-39-50/h53-54H,3-46,50-51H2,1-2H3,(H2,52,57)/t49-/m0/s1. The molecular formula is C49H102N6O2. The Kier molecular flexibility index (Phi) is 43.7. The first-order chi connectivity index (χ1) is 28.0. The maximum Gasteiger partial charge on any atom is 0.245 e. The van der Waals surface area contributed by atoms with E-state index in [1.807, 2.05) is 0 Å². The number of primary amides is 1. The van der Waals surface area contributed by atoms with Crippen LogP contribution in [0.1, 0.15) is 245 Å². The number of nitrogens with one attached hydrogen (secondary N) is 2. The Bertz CT molecular complexity index is 809. The smallest absolute Gasteiger partial charge is 0.245 e. The van der Waals surface area contributed by atoms with Gasteiger partial charge in [0.1, 0.15) is 0 Å². The quantitative estimate of drug-likeness (QED) is 0.0305. The average Bonchev–Trinajstić information content (AvgIpc) is 3.20. The molecule has 1 amide bonds. The van der Waals surface area contributed by atoms with Gasteiger partial charge in [-0.25, -0.2) is 0 Å². The first-order valence-corrected chi connectivity index (χ1v) is 25.4. The monoisotopic (exact) mass is 807 g/mol. The second-order valence-corrected chi connectivity index (χ2v) is 17.6. The second-order valence-electron chi connectivity index (χ2n) is 17.6. The van der Waals surface area contributed by atoms with E-state index in [0.29, 0.717) is 38.9 Å². The maximum absolute atomic E-state index is 14.1. The third-order valence-electron chi connectivity index (χ3n) is 12.2. The fraction of sp³-hybridized carbons (Fsp3) is 0.959. The number of hydrogen-bond donors (Lipinski definition) is 5. The molecule has 57 heavy (non-hydrogen) atoms. The molecule has 8 heteroatoms. The largest absolute Gasteiger partial charge is 0.368 e. The van der Waals surface area contributed by atoms with Gasteiger partial charge in [-0.1, -0.05) is 206 Å². The highest BCUT2D eigenvalue weighted by Crippen LogP contribution is 2.19. The Morgan fingerprint density at radius 3 is 1.09 bits per heavy atom. The molecule has 1 atom stereocenters. The molecule has 0 aromatic heterocycles. The van der Waals surface area contributed by atoms with Gasteiger partial charge in [0.15, 0.2) is 11.3 Å². The van der Waals surface area contributed by atoms with Gasteiger partial charge in [-0.05, 0) is 84.3 Å². The van der Waals surface area contributed by atoms with Crippen LogP contribution in [0.2, 0.25) is 0 Å². The van der Waals surface area contributed by atoms with E-state index in [1.165, 1.54) is 193 Å². The lowest BCUT2D eigenvalue weighted by Crippen LogP contribution is -2.63. The summed E-state index contributed by atoms with van der Waals surface area (Å²) in [6.07, 6.45) is 45.9. The van der Waals surface area contributed by atoms with Crippen LogP contribution in [-0.2, 0) is 9.59 Å². The van der Waals surface area contributed by atoms with Gasteiger partial charge in [0.25, 0.3) is 0 Å². The third-order valence-corrected chi connectivity index (χ3v) is 12.2. The molecule has 0 unspecified atom stereocenters. The van der Waals surface area contributed by atoms with E-state index in [9.17, 15) is 9.59 Å². The summed E-state index contributed by atoms with van der Waals surface area (Å²) in [6, 6.07) is 0. The van der Waals surface area contributed by atoms with Gasteiger partial charge < -0.3 is 22.5 Å². The molecule has 0 spiro atoms. The van der Waals surface area contributed by atoms with Crippen molar-refractivity contribution in [1.29, 1.82) is 0 Å². The number of rotatable bonds is 49. The van der Waals surface area contributed by atoms with Crippen molar-refractivity contribution in [3.05, 3.63) is 0 Å². The fourth-order valence-electron chi connectivity index (χ4n) is 8.28. The topological polar surface area (TPSA) is 140 Å². The molecule has 0 aliphatic rings. The number of carbonyl (C=O) groups is 2. The molecule has 340 valence electrons. The molecule has 0 aromatic rings. The molecule has 0 saturated heterocycles. The lowest BCUT2D eigenvalue weighted by atomic mass is 9.86. The number of amides is 1. The number of carbonyl (C=O) groups excluding carboxylic acids is 2. The zero-order valence-electron chi connectivity index (χ0n) is 38.6. The molecule has 0 aromatic carbocycles. The zero-order chi connectivity index (χ0) is 41.8. The van der Waals surface area contributed by atoms with E-state index in [1.54, 1.807) is 0 Å². The van der Waals surface area contributed by atoms with E-state index in [0.717, 1.165) is 45.4 Å². The number of ketones is 1. The molecule has 0 radical (unpaired) electrons. The average molecular weight is 807 g/mol. The molecule has 0 aliphatic carbocycles. The van der Waals surface area contributed by atoms with E-state index < -0.39 is 11.4 Å². The summed E-state index contributed by atoms with van der Waals surface area (Å²) in [5.41, 5.74) is 16.1. The molecule has 0 rings (SSSR count). The lowest BCUT2D eigenvalue weighted by molar-refractivity contribution is -0.137. The molecule has 0 fully saturated rings. The first-order valence-electron chi connectivity index (χ1n) is 25.4. The van der Waals surface area contributed by atoms with Crippen LogP contribution in [0.3, 0.4) is 0 Å². The summed E-state index contributed by atoms with van der Waals surface area (Å²) in [6.45, 7) is 9.87. The molecular weight excluding hydrogens is 705 g/mol. The van der Waals surface area contributed by atoms with Crippen molar-refractivity contribution in [2.24, 2.45) is 17.2 Å². The third kappa shape index (κ3) is 35.4. The van der Waals surface area contributed by atoms with Crippen LogP contribution in [0.4, 0.5) is 0 Å². The predicted octanol–water partition coefficient (Wildman–Crippen LogP) is 11.3. The van der Waals surface area contributed by atoms with Crippen molar-refractivity contribution in [1.82, 2.24) is 15.5 Å². The summed E-state index contributed by atoms with van der Waals surface area (Å²) in [5.74, 6) is -0.641. The van der Waals surface area contributed by atoms with Crippen LogP contribution in [0.25, 0.3) is 0 Å². The lowest BCUT2D eigenvalue weighted by Gasteiger charge is -2.33. The van der Waals surface area contributed by atoms with Crippen molar-refractivity contribution < 1.29 is 9.59 Å². The number of nitrogens with zero attached hydrogens (tertiary/aromatic N) is 1. The van der Waals surface area contributed by atoms with Crippen molar-refractivity contribution in [3.8, 4) is 0 Å². The van der Waals surface area contributed by atoms with Crippen LogP contribution in [0, 0.1) is 0 Å². The van der Waals surface area contributed by atoms with Crippen molar-refractivity contribution >= 4 is 11.7 Å². The van der Waals surface area contributed by atoms with Gasteiger partial charge in [0, 0.05) is 0 Å². The summed E-state index contributed by atoms with van der Waals surface area (Å²) in [4.78, 5) is 29.6. The van der Waals surface area contributed by atoms with E-state index in [-0.39, 0.29) is 12.3 Å². The number of Topliss-reactive ketones (excluding diaryl/α,β-unsaturated/α-hetero) is 1. The molecule has 0 heterocycles. The van der Waals surface area contributed by atoms with Gasteiger partial charge in [0.05, 0.1) is 6.54 Å². The fourth-order valence-corrected chi connectivity index (χ4v) is 8.28. The minimum atomic E-state index is -1.35. The van der Waals surface area contributed by atoms with Crippen LogP contribution in [0.5, 0.6) is 0 Å². The summed E-state index contributed by atoms with van der Waals surface area (Å²) < 4.78 is 0. The summed E-state index contributed by atoms with van der Waals surface area (Å²) in [7, 11) is 0. The molecule has 8 nitrogen and oxygen atoms in total. The molecule has 8 N–H and O–H groups in total. The second kappa shape index (κ2) is 44.5. The number of nitrogens with two attached hydrogens (primary N) is 3. The first kappa shape index (κ1) is 55.9. The molecule has 0 saturated carbocycles. The van der Waals surface area contributed by atoms with Gasteiger partial charge in [0.2, 0.25) is 5.91 Å². The Labute approximate surface area is 355 Å². The van der Waals surface area contributed by atoms with Crippen LogP contribution >= 0.6 is 0 Å². The minimum absolute atomic E-state index is 0.0815. The minimum Gasteiger partial charge on any atom is -0.368 e. The maximum atomic E-state index is 14.1. The molecule has 0 aliphatic heterocycles. The summed E-state index contributed by atoms with van der Waals surface area (Å²) in [5, 5.41) is 6.70. The van der Waals surface area contributed by atoms with Crippen molar-refractivity contribution in [2.75, 3.05) is 52.4 Å². The van der Waals surface area contributed by atoms with Gasteiger partial charge in [-0.3, -0.25) is 19.8 Å². The van der Waals surface area contributed by atoms with Crippen molar-refractivity contribution in [2.45, 2.75) is 251 Å². The SMILES string of the molecule is CCCCCCCCCCCCCCCCCCN(CCCCCCCCCCCCCCCCCC)CC(=O)[C@](CCCNCCCN)(NCCCN)C(N)=O. The van der Waals surface area contributed by atoms with Gasteiger partial charge in [-0.2, -0.15) is 0 Å².